The first kappa shape index (κ1) is 14.0. The highest BCUT2D eigenvalue weighted by atomic mass is 35.5. The maximum absolute atomic E-state index is 13.2. The van der Waals surface area contributed by atoms with Gasteiger partial charge in [-0.15, -0.1) is 6.42 Å². The lowest BCUT2D eigenvalue weighted by atomic mass is 10.2. The molecule has 1 N–H and O–H groups in total. The molecule has 18 heavy (non-hydrogen) atoms. The summed E-state index contributed by atoms with van der Waals surface area (Å²) in [7, 11) is 0. The third-order valence-electron chi connectivity index (χ3n) is 2.06. The van der Waals surface area contributed by atoms with E-state index in [9.17, 15) is 14.0 Å². The zero-order chi connectivity index (χ0) is 13.7. The van der Waals surface area contributed by atoms with Crippen LogP contribution in [0.5, 0.6) is 0 Å². The fourth-order valence-electron chi connectivity index (χ4n) is 1.28. The van der Waals surface area contributed by atoms with Gasteiger partial charge in [0.25, 0.3) is 5.91 Å². The molecule has 1 aromatic carbocycles. The highest BCUT2D eigenvalue weighted by molar-refractivity contribution is 6.30. The van der Waals surface area contributed by atoms with Crippen molar-refractivity contribution in [3.8, 4) is 12.3 Å². The van der Waals surface area contributed by atoms with Crippen molar-refractivity contribution < 1.29 is 19.1 Å². The average Bonchev–Trinajstić information content (AvgIpc) is 2.31. The van der Waals surface area contributed by atoms with E-state index < -0.39 is 24.2 Å². The molecule has 0 aliphatic carbocycles. The van der Waals surface area contributed by atoms with E-state index in [1.165, 1.54) is 12.1 Å². The van der Waals surface area contributed by atoms with Gasteiger partial charge in [0.1, 0.15) is 12.4 Å². The fourth-order valence-corrected chi connectivity index (χ4v) is 1.40. The van der Waals surface area contributed by atoms with Crippen molar-refractivity contribution >= 4 is 23.5 Å². The van der Waals surface area contributed by atoms with Crippen LogP contribution in [0.4, 0.5) is 4.39 Å². The van der Waals surface area contributed by atoms with Gasteiger partial charge in [0.2, 0.25) is 0 Å². The SMILES string of the molecule is C#CCN(CC(=O)O)C(=O)c1ccc(Cl)c(F)c1. The molecule has 6 heteroatoms. The van der Waals surface area contributed by atoms with Crippen LogP contribution in [0.25, 0.3) is 0 Å². The quantitative estimate of drug-likeness (QED) is 0.846. The molecule has 1 rings (SSSR count). The second-order valence-electron chi connectivity index (χ2n) is 3.39. The minimum atomic E-state index is -1.20. The topological polar surface area (TPSA) is 57.6 Å². The monoisotopic (exact) mass is 269 g/mol. The molecule has 1 aromatic rings. The van der Waals surface area contributed by atoms with E-state index in [1.807, 2.05) is 0 Å². The second-order valence-corrected chi connectivity index (χ2v) is 3.80. The standard InChI is InChI=1S/C12H9ClFNO3/c1-2-5-15(7-11(16)17)12(18)8-3-4-9(13)10(14)6-8/h1,3-4,6H,5,7H2,(H,16,17). The van der Waals surface area contributed by atoms with Crippen molar-refractivity contribution in [3.05, 3.63) is 34.6 Å². The van der Waals surface area contributed by atoms with Gasteiger partial charge in [-0.1, -0.05) is 17.5 Å². The molecule has 0 spiro atoms. The minimum Gasteiger partial charge on any atom is -0.480 e. The van der Waals surface area contributed by atoms with Gasteiger partial charge in [-0.2, -0.15) is 0 Å². The second kappa shape index (κ2) is 6.03. The number of halogens is 2. The first-order chi connectivity index (χ1) is 8.45. The summed E-state index contributed by atoms with van der Waals surface area (Å²) in [6, 6.07) is 3.47. The summed E-state index contributed by atoms with van der Waals surface area (Å²) in [5.74, 6) is -0.442. The molecule has 0 bridgehead atoms. The Morgan fingerprint density at radius 3 is 2.67 bits per heavy atom. The normalized spacial score (nSPS) is 9.61. The number of nitrogens with zero attached hydrogens (tertiary/aromatic N) is 1. The van der Waals surface area contributed by atoms with Crippen molar-refractivity contribution in [1.82, 2.24) is 4.90 Å². The number of aliphatic carboxylic acids is 1. The van der Waals surface area contributed by atoms with Crippen LogP contribution < -0.4 is 0 Å². The van der Waals surface area contributed by atoms with E-state index in [1.54, 1.807) is 0 Å². The molecule has 0 aliphatic heterocycles. The molecular formula is C12H9ClFNO3. The number of carbonyl (C=O) groups excluding carboxylic acids is 1. The lowest BCUT2D eigenvalue weighted by molar-refractivity contribution is -0.137. The van der Waals surface area contributed by atoms with Crippen molar-refractivity contribution in [2.75, 3.05) is 13.1 Å². The van der Waals surface area contributed by atoms with Gasteiger partial charge in [-0.3, -0.25) is 9.59 Å². The molecule has 0 atom stereocenters. The Labute approximate surface area is 108 Å². The summed E-state index contributed by atoms with van der Waals surface area (Å²) in [5, 5.41) is 8.53. The van der Waals surface area contributed by atoms with Crippen LogP contribution in [0.15, 0.2) is 18.2 Å². The van der Waals surface area contributed by atoms with E-state index in [2.05, 4.69) is 5.92 Å². The number of hydrogen-bond donors (Lipinski definition) is 1. The van der Waals surface area contributed by atoms with E-state index in [0.29, 0.717) is 0 Å². The number of carboxylic acid groups (broad SMARTS) is 1. The minimum absolute atomic E-state index is 0.00611. The first-order valence-corrected chi connectivity index (χ1v) is 5.23. The smallest absolute Gasteiger partial charge is 0.323 e. The Bertz CT molecular complexity index is 525. The fraction of sp³-hybridized carbons (Fsp3) is 0.167. The highest BCUT2D eigenvalue weighted by Crippen LogP contribution is 2.16. The van der Waals surface area contributed by atoms with Crippen LogP contribution in [0.3, 0.4) is 0 Å². The number of carboxylic acids is 1. The van der Waals surface area contributed by atoms with Crippen molar-refractivity contribution in [2.24, 2.45) is 0 Å². The predicted octanol–water partition coefficient (Wildman–Crippen LogP) is 1.64. The number of hydrogen-bond acceptors (Lipinski definition) is 2. The summed E-state index contributed by atoms with van der Waals surface area (Å²) in [5.41, 5.74) is -0.00611. The Balaban J connectivity index is 2.98. The van der Waals surface area contributed by atoms with Crippen LogP contribution in [0, 0.1) is 18.2 Å². The molecule has 94 valence electrons. The van der Waals surface area contributed by atoms with Gasteiger partial charge in [-0.25, -0.2) is 4.39 Å². The van der Waals surface area contributed by atoms with E-state index >= 15 is 0 Å². The van der Waals surface area contributed by atoms with Gasteiger partial charge < -0.3 is 10.0 Å². The maximum Gasteiger partial charge on any atom is 0.323 e. The molecule has 0 heterocycles. The summed E-state index contributed by atoms with van der Waals surface area (Å²) in [6.45, 7) is -0.720. The Hall–Kier alpha value is -2.06. The molecule has 0 aliphatic rings. The summed E-state index contributed by atoms with van der Waals surface area (Å²) in [6.07, 6.45) is 5.04. The predicted molar refractivity (Wildman–Crippen MR) is 63.8 cm³/mol. The Morgan fingerprint density at radius 1 is 1.50 bits per heavy atom. The van der Waals surface area contributed by atoms with Crippen LogP contribution in [0.2, 0.25) is 5.02 Å². The summed E-state index contributed by atoms with van der Waals surface area (Å²) in [4.78, 5) is 23.4. The van der Waals surface area contributed by atoms with Crippen LogP contribution in [-0.2, 0) is 4.79 Å². The molecular weight excluding hydrogens is 261 g/mol. The highest BCUT2D eigenvalue weighted by Gasteiger charge is 2.18. The van der Waals surface area contributed by atoms with Crippen LogP contribution in [0.1, 0.15) is 10.4 Å². The number of benzene rings is 1. The first-order valence-electron chi connectivity index (χ1n) is 4.85. The van der Waals surface area contributed by atoms with Gasteiger partial charge in [-0.05, 0) is 18.2 Å². The third kappa shape index (κ3) is 3.47. The third-order valence-corrected chi connectivity index (χ3v) is 2.37. The van der Waals surface area contributed by atoms with Crippen LogP contribution >= 0.6 is 11.6 Å². The summed E-state index contributed by atoms with van der Waals surface area (Å²) < 4.78 is 13.2. The van der Waals surface area contributed by atoms with Gasteiger partial charge in [0, 0.05) is 5.56 Å². The van der Waals surface area contributed by atoms with Gasteiger partial charge in [0.05, 0.1) is 11.6 Å². The number of terminal acetylenes is 1. The molecule has 0 aromatic heterocycles. The van der Waals surface area contributed by atoms with E-state index in [-0.39, 0.29) is 17.1 Å². The number of rotatable bonds is 4. The number of amides is 1. The van der Waals surface area contributed by atoms with Gasteiger partial charge in [0.15, 0.2) is 0 Å². The molecule has 0 saturated heterocycles. The lowest BCUT2D eigenvalue weighted by Crippen LogP contribution is -2.36. The molecule has 0 saturated carbocycles. The Morgan fingerprint density at radius 2 is 2.17 bits per heavy atom. The van der Waals surface area contributed by atoms with Crippen molar-refractivity contribution in [3.63, 3.8) is 0 Å². The van der Waals surface area contributed by atoms with Crippen LogP contribution in [-0.4, -0.2) is 35.0 Å². The molecule has 0 unspecified atom stereocenters. The molecule has 4 nitrogen and oxygen atoms in total. The zero-order valence-electron chi connectivity index (χ0n) is 9.19. The summed E-state index contributed by atoms with van der Waals surface area (Å²) >= 11 is 5.48. The van der Waals surface area contributed by atoms with E-state index in [4.69, 9.17) is 23.1 Å². The molecule has 0 fully saturated rings. The zero-order valence-corrected chi connectivity index (χ0v) is 9.95. The Kier molecular flexibility index (Phi) is 4.69. The largest absolute Gasteiger partial charge is 0.480 e. The molecule has 1 amide bonds. The average molecular weight is 270 g/mol. The lowest BCUT2D eigenvalue weighted by Gasteiger charge is -2.17. The van der Waals surface area contributed by atoms with Crippen molar-refractivity contribution in [2.45, 2.75) is 0 Å². The van der Waals surface area contributed by atoms with E-state index in [0.717, 1.165) is 11.0 Å². The van der Waals surface area contributed by atoms with Crippen molar-refractivity contribution in [1.29, 1.82) is 0 Å². The number of carbonyl (C=O) groups is 2. The van der Waals surface area contributed by atoms with Gasteiger partial charge >= 0.3 is 5.97 Å². The maximum atomic E-state index is 13.2. The molecule has 0 radical (unpaired) electrons.